The van der Waals surface area contributed by atoms with Gasteiger partial charge in [-0.25, -0.2) is 14.4 Å². The van der Waals surface area contributed by atoms with Crippen molar-refractivity contribution in [3.8, 4) is 0 Å². The highest BCUT2D eigenvalue weighted by molar-refractivity contribution is 14.0. The van der Waals surface area contributed by atoms with Crippen LogP contribution in [0, 0.1) is 12.7 Å². The lowest BCUT2D eigenvalue weighted by atomic mass is 10.2. The molecular formula is C18H27FIN5S. The van der Waals surface area contributed by atoms with Crippen LogP contribution in [0.1, 0.15) is 23.2 Å². The summed E-state index contributed by atoms with van der Waals surface area (Å²) >= 11 is 1.67. The molecule has 1 heterocycles. The summed E-state index contributed by atoms with van der Waals surface area (Å²) < 4.78 is 13.3. The minimum absolute atomic E-state index is 0. The molecule has 5 nitrogen and oxygen atoms in total. The fraction of sp³-hybridized carbons (Fsp3) is 0.444. The van der Waals surface area contributed by atoms with E-state index in [9.17, 15) is 4.39 Å². The maximum absolute atomic E-state index is 13.3. The van der Waals surface area contributed by atoms with Crippen LogP contribution in [-0.4, -0.2) is 37.6 Å². The van der Waals surface area contributed by atoms with Crippen molar-refractivity contribution in [3.05, 3.63) is 46.2 Å². The number of aliphatic imine (C=N–C) groups is 1. The SMILES string of the molecule is CCNC(=NCc1ncc(C)s1)NCCCN(C)c1cccc(F)c1.I. The Kier molecular flexibility index (Phi) is 10.5. The van der Waals surface area contributed by atoms with E-state index in [-0.39, 0.29) is 29.8 Å². The third-order valence-corrected chi connectivity index (χ3v) is 4.50. The Morgan fingerprint density at radius 2 is 2.15 bits per heavy atom. The monoisotopic (exact) mass is 491 g/mol. The molecule has 0 saturated heterocycles. The first-order valence-electron chi connectivity index (χ1n) is 8.48. The van der Waals surface area contributed by atoms with E-state index in [0.29, 0.717) is 6.54 Å². The van der Waals surface area contributed by atoms with Gasteiger partial charge < -0.3 is 15.5 Å². The molecule has 0 aliphatic rings. The number of hydrogen-bond acceptors (Lipinski definition) is 4. The maximum atomic E-state index is 13.3. The Hall–Kier alpha value is -1.42. The van der Waals surface area contributed by atoms with E-state index >= 15 is 0 Å². The molecule has 1 aromatic heterocycles. The van der Waals surface area contributed by atoms with Crippen LogP contribution in [0.4, 0.5) is 10.1 Å². The highest BCUT2D eigenvalue weighted by atomic mass is 127. The van der Waals surface area contributed by atoms with Crippen LogP contribution in [0.5, 0.6) is 0 Å². The third kappa shape index (κ3) is 7.86. The number of guanidine groups is 1. The van der Waals surface area contributed by atoms with Crippen LogP contribution in [0.2, 0.25) is 0 Å². The van der Waals surface area contributed by atoms with E-state index in [1.807, 2.05) is 38.1 Å². The van der Waals surface area contributed by atoms with Crippen LogP contribution in [0.3, 0.4) is 0 Å². The molecule has 144 valence electrons. The molecule has 0 bridgehead atoms. The van der Waals surface area contributed by atoms with Gasteiger partial charge in [0.25, 0.3) is 0 Å². The zero-order valence-corrected chi connectivity index (χ0v) is 18.6. The van der Waals surface area contributed by atoms with E-state index < -0.39 is 0 Å². The minimum Gasteiger partial charge on any atom is -0.374 e. The van der Waals surface area contributed by atoms with Gasteiger partial charge in [-0.3, -0.25) is 0 Å². The van der Waals surface area contributed by atoms with E-state index in [4.69, 9.17) is 0 Å². The summed E-state index contributed by atoms with van der Waals surface area (Å²) in [6.45, 7) is 7.11. The summed E-state index contributed by atoms with van der Waals surface area (Å²) in [7, 11) is 1.97. The second-order valence-corrected chi connectivity index (χ2v) is 7.06. The summed E-state index contributed by atoms with van der Waals surface area (Å²) in [5, 5.41) is 7.58. The van der Waals surface area contributed by atoms with Gasteiger partial charge in [-0.05, 0) is 38.5 Å². The Balaban J connectivity index is 0.00000338. The van der Waals surface area contributed by atoms with Crippen LogP contribution < -0.4 is 15.5 Å². The average molecular weight is 491 g/mol. The standard InChI is InChI=1S/C18H26FN5S.HI/c1-4-20-18(23-13-17-22-12-14(2)25-17)21-9-6-10-24(3)16-8-5-7-15(19)11-16;/h5,7-8,11-12H,4,6,9-10,13H2,1-3H3,(H2,20,21,23);1H. The molecule has 0 amide bonds. The Morgan fingerprint density at radius 3 is 2.81 bits per heavy atom. The van der Waals surface area contributed by atoms with Crippen molar-refractivity contribution in [2.24, 2.45) is 4.99 Å². The van der Waals surface area contributed by atoms with Crippen molar-refractivity contribution in [2.45, 2.75) is 26.8 Å². The number of anilines is 1. The predicted octanol–water partition coefficient (Wildman–Crippen LogP) is 3.79. The second-order valence-electron chi connectivity index (χ2n) is 5.74. The summed E-state index contributed by atoms with van der Waals surface area (Å²) in [5.41, 5.74) is 0.889. The van der Waals surface area contributed by atoms with Crippen molar-refractivity contribution >= 4 is 47.0 Å². The first-order chi connectivity index (χ1) is 12.1. The summed E-state index contributed by atoms with van der Waals surface area (Å²) in [6, 6.07) is 6.66. The van der Waals surface area contributed by atoms with Gasteiger partial charge >= 0.3 is 0 Å². The summed E-state index contributed by atoms with van der Waals surface area (Å²) in [4.78, 5) is 12.1. The molecule has 2 rings (SSSR count). The highest BCUT2D eigenvalue weighted by Crippen LogP contribution is 2.14. The highest BCUT2D eigenvalue weighted by Gasteiger charge is 2.03. The molecule has 0 aliphatic heterocycles. The Bertz CT molecular complexity index is 692. The van der Waals surface area contributed by atoms with Gasteiger partial charge in [0.1, 0.15) is 10.8 Å². The molecule has 0 spiro atoms. The summed E-state index contributed by atoms with van der Waals surface area (Å²) in [5.74, 6) is 0.588. The first kappa shape index (κ1) is 22.6. The molecule has 2 N–H and O–H groups in total. The molecule has 0 aliphatic carbocycles. The number of aromatic nitrogens is 1. The van der Waals surface area contributed by atoms with Crippen LogP contribution in [0.25, 0.3) is 0 Å². The topological polar surface area (TPSA) is 52.6 Å². The van der Waals surface area contributed by atoms with Gasteiger partial charge in [0, 0.05) is 43.4 Å². The average Bonchev–Trinajstić information content (AvgIpc) is 3.01. The molecule has 0 saturated carbocycles. The minimum atomic E-state index is -0.207. The smallest absolute Gasteiger partial charge is 0.191 e. The number of benzene rings is 1. The number of thiazole rings is 1. The van der Waals surface area contributed by atoms with Crippen molar-refractivity contribution < 1.29 is 4.39 Å². The second kappa shape index (κ2) is 12.1. The molecule has 0 atom stereocenters. The third-order valence-electron chi connectivity index (χ3n) is 3.60. The van der Waals surface area contributed by atoms with Crippen LogP contribution in [-0.2, 0) is 6.54 Å². The fourth-order valence-corrected chi connectivity index (χ4v) is 3.04. The number of nitrogens with zero attached hydrogens (tertiary/aromatic N) is 3. The molecule has 26 heavy (non-hydrogen) atoms. The quantitative estimate of drug-likeness (QED) is 0.256. The lowest BCUT2D eigenvalue weighted by Crippen LogP contribution is -2.38. The lowest BCUT2D eigenvalue weighted by Gasteiger charge is -2.19. The number of aryl methyl sites for hydroxylation is 1. The van der Waals surface area contributed by atoms with Gasteiger partial charge in [0.2, 0.25) is 0 Å². The van der Waals surface area contributed by atoms with Gasteiger partial charge in [0.15, 0.2) is 5.96 Å². The van der Waals surface area contributed by atoms with E-state index in [0.717, 1.165) is 42.7 Å². The molecule has 0 radical (unpaired) electrons. The molecule has 0 fully saturated rings. The zero-order valence-electron chi connectivity index (χ0n) is 15.5. The normalized spacial score (nSPS) is 11.0. The lowest BCUT2D eigenvalue weighted by molar-refractivity contribution is 0.626. The van der Waals surface area contributed by atoms with Crippen molar-refractivity contribution in [1.82, 2.24) is 15.6 Å². The summed E-state index contributed by atoms with van der Waals surface area (Å²) in [6.07, 6.45) is 2.80. The van der Waals surface area contributed by atoms with E-state index in [2.05, 4.69) is 20.6 Å². The largest absolute Gasteiger partial charge is 0.374 e. The number of nitrogens with one attached hydrogen (secondary N) is 2. The van der Waals surface area contributed by atoms with Crippen LogP contribution >= 0.6 is 35.3 Å². The predicted molar refractivity (Wildman–Crippen MR) is 119 cm³/mol. The maximum Gasteiger partial charge on any atom is 0.191 e. The van der Waals surface area contributed by atoms with Gasteiger partial charge in [-0.1, -0.05) is 6.07 Å². The number of hydrogen-bond donors (Lipinski definition) is 2. The Morgan fingerprint density at radius 1 is 1.35 bits per heavy atom. The number of halogens is 2. The van der Waals surface area contributed by atoms with Gasteiger partial charge in [0.05, 0.1) is 6.54 Å². The van der Waals surface area contributed by atoms with Crippen molar-refractivity contribution in [2.75, 3.05) is 31.6 Å². The van der Waals surface area contributed by atoms with Gasteiger partial charge in [-0.2, -0.15) is 0 Å². The molecule has 2 aromatic rings. The van der Waals surface area contributed by atoms with Crippen LogP contribution in [0.15, 0.2) is 35.5 Å². The molecule has 1 aromatic carbocycles. The first-order valence-corrected chi connectivity index (χ1v) is 9.30. The molecule has 0 unspecified atom stereocenters. The van der Waals surface area contributed by atoms with Crippen molar-refractivity contribution in [1.29, 1.82) is 0 Å². The van der Waals surface area contributed by atoms with E-state index in [1.165, 1.54) is 10.9 Å². The number of rotatable bonds is 8. The Labute approximate surface area is 176 Å². The zero-order chi connectivity index (χ0) is 18.1. The van der Waals surface area contributed by atoms with E-state index in [1.54, 1.807) is 23.5 Å². The fourth-order valence-electron chi connectivity index (χ4n) is 2.33. The van der Waals surface area contributed by atoms with Gasteiger partial charge in [-0.15, -0.1) is 35.3 Å². The molecule has 8 heteroatoms. The van der Waals surface area contributed by atoms with Crippen molar-refractivity contribution in [3.63, 3.8) is 0 Å². The molecular weight excluding hydrogens is 464 g/mol.